The molecule has 1 atom stereocenters. The van der Waals surface area contributed by atoms with Crippen molar-refractivity contribution in [1.82, 2.24) is 14.8 Å². The van der Waals surface area contributed by atoms with Gasteiger partial charge in [-0.2, -0.15) is 0 Å². The number of hydrogen-bond acceptors (Lipinski definition) is 3. The van der Waals surface area contributed by atoms with Gasteiger partial charge in [0.1, 0.15) is 0 Å². The van der Waals surface area contributed by atoms with Crippen LogP contribution in [0.4, 0.5) is 0 Å². The minimum atomic E-state index is 0.294. The Balaban J connectivity index is 1.39. The maximum absolute atomic E-state index is 12.5. The molecule has 0 radical (unpaired) electrons. The van der Waals surface area contributed by atoms with Crippen LogP contribution in [0.1, 0.15) is 48.6 Å². The highest BCUT2D eigenvalue weighted by Gasteiger charge is 2.26. The second kappa shape index (κ2) is 9.06. The highest BCUT2D eigenvalue weighted by atomic mass is 35.5. The predicted octanol–water partition coefficient (Wildman–Crippen LogP) is 4.13. The van der Waals surface area contributed by atoms with Gasteiger partial charge in [0.25, 0.3) is 0 Å². The number of carbonyl (C=O) groups excluding carboxylic acids is 1. The topological polar surface area (TPSA) is 36.4 Å². The van der Waals surface area contributed by atoms with Crippen molar-refractivity contribution in [2.24, 2.45) is 0 Å². The lowest BCUT2D eigenvalue weighted by atomic mass is 9.94. The number of aromatic nitrogens is 1. The third-order valence-electron chi connectivity index (χ3n) is 5.87. The summed E-state index contributed by atoms with van der Waals surface area (Å²) in [5.41, 5.74) is 3.46. The molecule has 1 aromatic carbocycles. The summed E-state index contributed by atoms with van der Waals surface area (Å²) >= 11 is 5.99. The Morgan fingerprint density at radius 2 is 1.82 bits per heavy atom. The summed E-state index contributed by atoms with van der Waals surface area (Å²) in [4.78, 5) is 21.8. The van der Waals surface area contributed by atoms with E-state index in [9.17, 15) is 4.79 Å². The maximum atomic E-state index is 12.5. The standard InChI is InChI=1S/C23H28ClN3O/c24-20-10-8-18(9-11-20)15-21-6-3-7-22(25-21)19-5-4-12-26(16-19)17-23(28)27-13-1-2-14-27/h3,6-11,19H,1-2,4-5,12-17H2/t19-/m1/s1. The highest BCUT2D eigenvalue weighted by Crippen LogP contribution is 2.26. The lowest BCUT2D eigenvalue weighted by Crippen LogP contribution is -2.43. The lowest BCUT2D eigenvalue weighted by molar-refractivity contribution is -0.131. The molecule has 28 heavy (non-hydrogen) atoms. The molecule has 2 aliphatic heterocycles. The van der Waals surface area contributed by atoms with Gasteiger partial charge in [0.05, 0.1) is 6.54 Å². The number of rotatable bonds is 5. The van der Waals surface area contributed by atoms with Crippen molar-refractivity contribution in [3.63, 3.8) is 0 Å². The van der Waals surface area contributed by atoms with Crippen LogP contribution in [-0.2, 0) is 11.2 Å². The summed E-state index contributed by atoms with van der Waals surface area (Å²) in [6, 6.07) is 14.3. The van der Waals surface area contributed by atoms with Gasteiger partial charge in [-0.15, -0.1) is 0 Å². The molecule has 0 bridgehead atoms. The molecule has 2 aromatic rings. The highest BCUT2D eigenvalue weighted by molar-refractivity contribution is 6.30. The van der Waals surface area contributed by atoms with E-state index in [1.165, 1.54) is 5.56 Å². The molecule has 5 heteroatoms. The van der Waals surface area contributed by atoms with E-state index in [1.807, 2.05) is 17.0 Å². The first-order valence-electron chi connectivity index (χ1n) is 10.4. The molecule has 2 aliphatic rings. The Bertz CT molecular complexity index is 802. The van der Waals surface area contributed by atoms with E-state index >= 15 is 0 Å². The quantitative estimate of drug-likeness (QED) is 0.761. The van der Waals surface area contributed by atoms with Crippen molar-refractivity contribution < 1.29 is 4.79 Å². The zero-order valence-corrected chi connectivity index (χ0v) is 17.1. The number of amides is 1. The van der Waals surface area contributed by atoms with E-state index in [2.05, 4.69) is 35.2 Å². The van der Waals surface area contributed by atoms with Crippen molar-refractivity contribution in [2.75, 3.05) is 32.7 Å². The molecule has 0 saturated carbocycles. The van der Waals surface area contributed by atoms with Gasteiger partial charge in [-0.25, -0.2) is 0 Å². The molecule has 0 aliphatic carbocycles. The normalized spacial score (nSPS) is 20.5. The maximum Gasteiger partial charge on any atom is 0.236 e. The van der Waals surface area contributed by atoms with Crippen LogP contribution >= 0.6 is 11.6 Å². The van der Waals surface area contributed by atoms with Crippen LogP contribution < -0.4 is 0 Å². The summed E-state index contributed by atoms with van der Waals surface area (Å²) in [7, 11) is 0. The van der Waals surface area contributed by atoms with Crippen LogP contribution in [0.25, 0.3) is 0 Å². The number of benzene rings is 1. The van der Waals surface area contributed by atoms with Gasteiger partial charge in [-0.3, -0.25) is 14.7 Å². The van der Waals surface area contributed by atoms with Crippen molar-refractivity contribution in [3.8, 4) is 0 Å². The molecule has 148 valence electrons. The first-order valence-corrected chi connectivity index (χ1v) is 10.8. The number of piperidine rings is 1. The minimum Gasteiger partial charge on any atom is -0.342 e. The number of likely N-dealkylation sites (tertiary alicyclic amines) is 2. The zero-order chi connectivity index (χ0) is 19.3. The van der Waals surface area contributed by atoms with E-state index in [-0.39, 0.29) is 0 Å². The van der Waals surface area contributed by atoms with E-state index in [0.717, 1.165) is 74.7 Å². The van der Waals surface area contributed by atoms with Crippen molar-refractivity contribution in [3.05, 3.63) is 64.4 Å². The summed E-state index contributed by atoms with van der Waals surface area (Å²) in [6.45, 7) is 4.37. The van der Waals surface area contributed by atoms with E-state index in [1.54, 1.807) is 0 Å². The molecule has 3 heterocycles. The Labute approximate surface area is 172 Å². The first kappa shape index (κ1) is 19.4. The summed E-state index contributed by atoms with van der Waals surface area (Å²) in [5, 5.41) is 0.760. The molecule has 1 amide bonds. The lowest BCUT2D eigenvalue weighted by Gasteiger charge is -2.33. The molecule has 4 rings (SSSR count). The van der Waals surface area contributed by atoms with Gasteiger partial charge in [0.2, 0.25) is 5.91 Å². The second-order valence-electron chi connectivity index (χ2n) is 8.02. The van der Waals surface area contributed by atoms with Crippen LogP contribution in [0.15, 0.2) is 42.5 Å². The molecular formula is C23H28ClN3O. The van der Waals surface area contributed by atoms with Crippen molar-refractivity contribution in [1.29, 1.82) is 0 Å². The van der Waals surface area contributed by atoms with Gasteiger partial charge in [0.15, 0.2) is 0 Å². The molecule has 1 aromatic heterocycles. The van der Waals surface area contributed by atoms with Gasteiger partial charge >= 0.3 is 0 Å². The number of carbonyl (C=O) groups is 1. The Morgan fingerprint density at radius 3 is 2.61 bits per heavy atom. The summed E-state index contributed by atoms with van der Waals surface area (Å²) in [5.74, 6) is 0.702. The molecule has 4 nitrogen and oxygen atoms in total. The van der Waals surface area contributed by atoms with E-state index in [4.69, 9.17) is 16.6 Å². The third-order valence-corrected chi connectivity index (χ3v) is 6.12. The summed E-state index contributed by atoms with van der Waals surface area (Å²) < 4.78 is 0. The first-order chi connectivity index (χ1) is 13.7. The van der Waals surface area contributed by atoms with Crippen LogP contribution in [-0.4, -0.2) is 53.4 Å². The smallest absolute Gasteiger partial charge is 0.236 e. The molecule has 2 fully saturated rings. The monoisotopic (exact) mass is 397 g/mol. The SMILES string of the molecule is O=C(CN1CCC[C@@H](c2cccc(Cc3ccc(Cl)cc3)n2)C1)N1CCCC1. The minimum absolute atomic E-state index is 0.294. The van der Waals surface area contributed by atoms with E-state index in [0.29, 0.717) is 18.4 Å². The molecule has 0 N–H and O–H groups in total. The van der Waals surface area contributed by atoms with Gasteiger partial charge in [-0.05, 0) is 62.1 Å². The number of hydrogen-bond donors (Lipinski definition) is 0. The Morgan fingerprint density at radius 1 is 1.04 bits per heavy atom. The predicted molar refractivity (Wildman–Crippen MR) is 113 cm³/mol. The fourth-order valence-electron chi connectivity index (χ4n) is 4.33. The van der Waals surface area contributed by atoms with E-state index < -0.39 is 0 Å². The molecule has 0 spiro atoms. The zero-order valence-electron chi connectivity index (χ0n) is 16.3. The fourth-order valence-corrected chi connectivity index (χ4v) is 4.46. The van der Waals surface area contributed by atoms with Gasteiger partial charge in [0, 0.05) is 48.4 Å². The molecule has 2 saturated heterocycles. The van der Waals surface area contributed by atoms with Crippen LogP contribution in [0.3, 0.4) is 0 Å². The van der Waals surface area contributed by atoms with Crippen LogP contribution in [0.2, 0.25) is 5.02 Å². The summed E-state index contributed by atoms with van der Waals surface area (Å²) in [6.07, 6.45) is 5.39. The van der Waals surface area contributed by atoms with Gasteiger partial charge < -0.3 is 4.90 Å². The Hall–Kier alpha value is -1.91. The molecular weight excluding hydrogens is 370 g/mol. The second-order valence-corrected chi connectivity index (χ2v) is 8.46. The largest absolute Gasteiger partial charge is 0.342 e. The molecule has 0 unspecified atom stereocenters. The Kier molecular flexibility index (Phi) is 6.28. The number of halogens is 1. The number of pyridine rings is 1. The number of nitrogens with zero attached hydrogens (tertiary/aromatic N) is 3. The van der Waals surface area contributed by atoms with Crippen molar-refractivity contribution >= 4 is 17.5 Å². The van der Waals surface area contributed by atoms with Gasteiger partial charge in [-0.1, -0.05) is 29.8 Å². The average Bonchev–Trinajstić information content (AvgIpc) is 3.25. The average molecular weight is 398 g/mol. The third kappa shape index (κ3) is 4.92. The van der Waals surface area contributed by atoms with Crippen molar-refractivity contribution in [2.45, 2.75) is 38.0 Å². The van der Waals surface area contributed by atoms with Crippen LogP contribution in [0.5, 0.6) is 0 Å². The fraction of sp³-hybridized carbons (Fsp3) is 0.478. The van der Waals surface area contributed by atoms with Crippen LogP contribution in [0, 0.1) is 0 Å².